The number of piperidine rings is 1. The van der Waals surface area contributed by atoms with E-state index in [-0.39, 0.29) is 11.1 Å². The van der Waals surface area contributed by atoms with Gasteiger partial charge in [0, 0.05) is 29.6 Å². The van der Waals surface area contributed by atoms with Crippen LogP contribution in [0, 0.1) is 11.3 Å². The molecule has 1 aliphatic rings. The zero-order valence-electron chi connectivity index (χ0n) is 18.3. The summed E-state index contributed by atoms with van der Waals surface area (Å²) in [6.07, 6.45) is 2.07. The van der Waals surface area contributed by atoms with Crippen molar-refractivity contribution in [3.8, 4) is 17.5 Å². The molecule has 0 saturated carbocycles. The van der Waals surface area contributed by atoms with E-state index in [0.29, 0.717) is 23.1 Å². The van der Waals surface area contributed by atoms with Crippen LogP contribution in [0.25, 0.3) is 22.2 Å². The van der Waals surface area contributed by atoms with Gasteiger partial charge in [-0.1, -0.05) is 24.3 Å². The van der Waals surface area contributed by atoms with E-state index < -0.39 is 0 Å². The molecule has 30 heavy (non-hydrogen) atoms. The van der Waals surface area contributed by atoms with Crippen molar-refractivity contribution in [1.29, 1.82) is 5.26 Å². The van der Waals surface area contributed by atoms with Crippen LogP contribution < -0.4 is 10.2 Å². The number of fused-ring (bicyclic) bond motifs is 1. The Kier molecular flexibility index (Phi) is 4.95. The molecular formula is C24H28N6. The van der Waals surface area contributed by atoms with Crippen LogP contribution in [0.3, 0.4) is 0 Å². The highest BCUT2D eigenvalue weighted by Gasteiger charge is 2.39. The fourth-order valence-corrected chi connectivity index (χ4v) is 4.79. The van der Waals surface area contributed by atoms with Crippen molar-refractivity contribution in [3.63, 3.8) is 0 Å². The highest BCUT2D eigenvalue weighted by molar-refractivity contribution is 5.89. The van der Waals surface area contributed by atoms with Gasteiger partial charge in [0.05, 0.1) is 5.69 Å². The molecule has 1 N–H and O–H groups in total. The fourth-order valence-electron chi connectivity index (χ4n) is 4.79. The number of nitrogens with zero attached hydrogens (tertiary/aromatic N) is 5. The molecule has 1 aliphatic heterocycles. The van der Waals surface area contributed by atoms with Crippen LogP contribution in [-0.4, -0.2) is 39.3 Å². The van der Waals surface area contributed by atoms with Gasteiger partial charge in [0.15, 0.2) is 5.82 Å². The third kappa shape index (κ3) is 3.99. The lowest BCUT2D eigenvalue weighted by atomic mass is 9.79. The largest absolute Gasteiger partial charge is 0.355 e. The van der Waals surface area contributed by atoms with Crippen molar-refractivity contribution in [1.82, 2.24) is 20.5 Å². The molecule has 2 aromatic heterocycles. The Morgan fingerprint density at radius 1 is 1.00 bits per heavy atom. The highest BCUT2D eigenvalue weighted by atomic mass is 15.3. The van der Waals surface area contributed by atoms with Crippen molar-refractivity contribution < 1.29 is 0 Å². The van der Waals surface area contributed by atoms with Gasteiger partial charge in [0.25, 0.3) is 0 Å². The van der Waals surface area contributed by atoms with Crippen molar-refractivity contribution in [3.05, 3.63) is 48.2 Å². The van der Waals surface area contributed by atoms with Crippen molar-refractivity contribution >= 4 is 16.6 Å². The number of benzene rings is 1. The molecule has 3 aromatic rings. The van der Waals surface area contributed by atoms with Crippen LogP contribution in [0.15, 0.2) is 42.5 Å². The van der Waals surface area contributed by atoms with Crippen molar-refractivity contribution in [2.45, 2.75) is 57.7 Å². The van der Waals surface area contributed by atoms with Gasteiger partial charge in [-0.05, 0) is 64.1 Å². The summed E-state index contributed by atoms with van der Waals surface area (Å²) < 4.78 is 0. The number of pyridine rings is 1. The normalized spacial score (nSPS) is 18.1. The van der Waals surface area contributed by atoms with Gasteiger partial charge in [-0.2, -0.15) is 5.26 Å². The number of anilines is 1. The molecule has 3 heterocycles. The molecule has 0 spiro atoms. The first-order valence-electron chi connectivity index (χ1n) is 10.3. The number of aromatic nitrogens is 3. The molecule has 6 heteroatoms. The molecule has 1 saturated heterocycles. The average Bonchev–Trinajstić information content (AvgIpc) is 2.70. The first-order chi connectivity index (χ1) is 14.2. The first-order valence-corrected chi connectivity index (χ1v) is 10.3. The quantitative estimate of drug-likeness (QED) is 0.706. The summed E-state index contributed by atoms with van der Waals surface area (Å²) >= 11 is 0. The van der Waals surface area contributed by atoms with Crippen LogP contribution in [0.2, 0.25) is 0 Å². The number of hydrogen-bond acceptors (Lipinski definition) is 6. The van der Waals surface area contributed by atoms with E-state index in [1.807, 2.05) is 42.5 Å². The van der Waals surface area contributed by atoms with Gasteiger partial charge in [-0.3, -0.25) is 0 Å². The number of nitrogens with one attached hydrogen (secondary N) is 1. The van der Waals surface area contributed by atoms with Crippen molar-refractivity contribution in [2.75, 3.05) is 11.9 Å². The minimum Gasteiger partial charge on any atom is -0.355 e. The summed E-state index contributed by atoms with van der Waals surface area (Å²) in [5, 5.41) is 24.0. The smallest absolute Gasteiger partial charge is 0.151 e. The summed E-state index contributed by atoms with van der Waals surface area (Å²) in [6, 6.07) is 16.2. The predicted octanol–water partition coefficient (Wildman–Crippen LogP) is 4.31. The molecule has 0 atom stereocenters. The predicted molar refractivity (Wildman–Crippen MR) is 120 cm³/mol. The van der Waals surface area contributed by atoms with E-state index in [0.717, 1.165) is 29.4 Å². The van der Waals surface area contributed by atoms with Gasteiger partial charge in [0.1, 0.15) is 17.5 Å². The second kappa shape index (κ2) is 7.33. The molecule has 0 amide bonds. The molecule has 4 rings (SSSR count). The van der Waals surface area contributed by atoms with Crippen LogP contribution in [-0.2, 0) is 0 Å². The Labute approximate surface area is 178 Å². The number of rotatable bonds is 3. The average molecular weight is 401 g/mol. The van der Waals surface area contributed by atoms with Gasteiger partial charge >= 0.3 is 0 Å². The standard InChI is InChI=1S/C24H28N6/c1-23(2)13-17(14-24(3,4)29-23)30(5)22-11-10-19(27-28-22)20-12-16-8-6-7-9-18(16)21(15-25)26-20/h6-12,17,29H,13-14H2,1-5H3. The lowest BCUT2D eigenvalue weighted by Crippen LogP contribution is -2.62. The van der Waals surface area contributed by atoms with E-state index >= 15 is 0 Å². The molecule has 154 valence electrons. The summed E-state index contributed by atoms with van der Waals surface area (Å²) in [6.45, 7) is 9.01. The molecule has 6 nitrogen and oxygen atoms in total. The summed E-state index contributed by atoms with van der Waals surface area (Å²) in [4.78, 5) is 6.74. The lowest BCUT2D eigenvalue weighted by Gasteiger charge is -2.49. The second-order valence-electron chi connectivity index (χ2n) is 9.53. The zero-order chi connectivity index (χ0) is 21.5. The van der Waals surface area contributed by atoms with E-state index in [4.69, 9.17) is 0 Å². The molecular weight excluding hydrogens is 372 g/mol. The van der Waals surface area contributed by atoms with Crippen molar-refractivity contribution in [2.24, 2.45) is 0 Å². The lowest BCUT2D eigenvalue weighted by molar-refractivity contribution is 0.160. The number of hydrogen-bond donors (Lipinski definition) is 1. The maximum absolute atomic E-state index is 9.49. The minimum absolute atomic E-state index is 0.0662. The van der Waals surface area contributed by atoms with E-state index in [2.05, 4.69) is 66.2 Å². The minimum atomic E-state index is 0.0662. The van der Waals surface area contributed by atoms with Gasteiger partial charge < -0.3 is 10.2 Å². The maximum Gasteiger partial charge on any atom is 0.151 e. The molecule has 0 aliphatic carbocycles. The van der Waals surface area contributed by atoms with E-state index in [1.165, 1.54) is 0 Å². The summed E-state index contributed by atoms with van der Waals surface area (Å²) in [5.74, 6) is 0.846. The third-order valence-corrected chi connectivity index (χ3v) is 5.84. The molecule has 0 unspecified atom stereocenters. The molecule has 0 radical (unpaired) electrons. The zero-order valence-corrected chi connectivity index (χ0v) is 18.3. The molecule has 0 bridgehead atoms. The Hall–Kier alpha value is -3.04. The van der Waals surface area contributed by atoms with Crippen LogP contribution in [0.4, 0.5) is 5.82 Å². The van der Waals surface area contributed by atoms with Gasteiger partial charge in [0.2, 0.25) is 0 Å². The Morgan fingerprint density at radius 2 is 1.70 bits per heavy atom. The third-order valence-electron chi connectivity index (χ3n) is 5.84. The van der Waals surface area contributed by atoms with Crippen LogP contribution in [0.1, 0.15) is 46.2 Å². The topological polar surface area (TPSA) is 77.7 Å². The second-order valence-corrected chi connectivity index (χ2v) is 9.53. The summed E-state index contributed by atoms with van der Waals surface area (Å²) in [5.41, 5.74) is 1.87. The van der Waals surface area contributed by atoms with Gasteiger partial charge in [-0.25, -0.2) is 4.98 Å². The number of nitriles is 1. The van der Waals surface area contributed by atoms with Crippen LogP contribution >= 0.6 is 0 Å². The SMILES string of the molecule is CN(c1ccc(-c2cc3ccccc3c(C#N)n2)nn1)C1CC(C)(C)NC(C)(C)C1. The van der Waals surface area contributed by atoms with E-state index in [1.54, 1.807) is 0 Å². The Bertz CT molecular complexity index is 1090. The Balaban J connectivity index is 1.62. The molecule has 1 fully saturated rings. The maximum atomic E-state index is 9.49. The van der Waals surface area contributed by atoms with E-state index in [9.17, 15) is 5.26 Å². The van der Waals surface area contributed by atoms with Crippen LogP contribution in [0.5, 0.6) is 0 Å². The molecule has 1 aromatic carbocycles. The first kappa shape index (κ1) is 20.2. The Morgan fingerprint density at radius 3 is 2.33 bits per heavy atom. The van der Waals surface area contributed by atoms with Gasteiger partial charge in [-0.15, -0.1) is 10.2 Å². The monoisotopic (exact) mass is 400 g/mol. The highest BCUT2D eigenvalue weighted by Crippen LogP contribution is 2.33. The fraction of sp³-hybridized carbons (Fsp3) is 0.417. The summed E-state index contributed by atoms with van der Waals surface area (Å²) in [7, 11) is 2.09.